The van der Waals surface area contributed by atoms with Crippen molar-refractivity contribution in [2.24, 2.45) is 11.8 Å². The Morgan fingerprint density at radius 3 is 2.81 bits per heavy atom. The molecule has 1 fully saturated rings. The molecule has 3 rings (SSSR count). The van der Waals surface area contributed by atoms with Crippen molar-refractivity contribution in [3.63, 3.8) is 0 Å². The third-order valence-corrected chi connectivity index (χ3v) is 5.46. The maximum absolute atomic E-state index is 12.5. The van der Waals surface area contributed by atoms with Crippen molar-refractivity contribution in [2.75, 3.05) is 0 Å². The van der Waals surface area contributed by atoms with Crippen LogP contribution >= 0.6 is 0 Å². The van der Waals surface area contributed by atoms with Gasteiger partial charge in [-0.3, -0.25) is 9.59 Å². The number of hydrogen-bond donors (Lipinski definition) is 0. The Balaban J connectivity index is 2.03. The summed E-state index contributed by atoms with van der Waals surface area (Å²) in [7, 11) is 0. The van der Waals surface area contributed by atoms with Gasteiger partial charge >= 0.3 is 11.9 Å². The van der Waals surface area contributed by atoms with Crippen molar-refractivity contribution >= 4 is 17.7 Å². The smallest absolute Gasteiger partial charge is 0.334 e. The van der Waals surface area contributed by atoms with Crippen LogP contribution in [0.1, 0.15) is 40.5 Å². The van der Waals surface area contributed by atoms with Crippen molar-refractivity contribution in [3.8, 4) is 0 Å². The van der Waals surface area contributed by atoms with Crippen LogP contribution in [0.4, 0.5) is 0 Å². The van der Waals surface area contributed by atoms with Crippen LogP contribution in [0.3, 0.4) is 0 Å². The molecular weight excluding hydrogens is 336 g/mol. The maximum atomic E-state index is 12.5. The Morgan fingerprint density at radius 1 is 1.46 bits per heavy atom. The van der Waals surface area contributed by atoms with Gasteiger partial charge in [-0.1, -0.05) is 20.4 Å². The first kappa shape index (κ1) is 18.4. The molecule has 26 heavy (non-hydrogen) atoms. The summed E-state index contributed by atoms with van der Waals surface area (Å²) in [4.78, 5) is 37.0. The number of carbonyl (C=O) groups is 3. The number of carbonyl (C=O) groups excluding carboxylic acids is 3. The van der Waals surface area contributed by atoms with E-state index in [9.17, 15) is 14.4 Å². The molecule has 0 amide bonds. The van der Waals surface area contributed by atoms with Crippen LogP contribution < -0.4 is 0 Å². The summed E-state index contributed by atoms with van der Waals surface area (Å²) < 4.78 is 17.1. The lowest BCUT2D eigenvalue weighted by Gasteiger charge is -2.32. The largest absolute Gasteiger partial charge is 0.479 e. The number of ether oxygens (including phenoxy) is 3. The Labute approximate surface area is 152 Å². The van der Waals surface area contributed by atoms with E-state index >= 15 is 0 Å². The zero-order chi connectivity index (χ0) is 19.2. The Hall–Kier alpha value is -2.37. The molecule has 0 aromatic rings. The van der Waals surface area contributed by atoms with Crippen molar-refractivity contribution in [1.29, 1.82) is 0 Å². The second kappa shape index (κ2) is 6.41. The van der Waals surface area contributed by atoms with Gasteiger partial charge in [0.15, 0.2) is 5.60 Å². The third kappa shape index (κ3) is 2.97. The van der Waals surface area contributed by atoms with Crippen LogP contribution in [-0.4, -0.2) is 35.5 Å². The van der Waals surface area contributed by atoms with Gasteiger partial charge in [-0.25, -0.2) is 4.79 Å². The van der Waals surface area contributed by atoms with Crippen molar-refractivity contribution in [1.82, 2.24) is 0 Å². The van der Waals surface area contributed by atoms with E-state index in [0.29, 0.717) is 17.8 Å². The summed E-state index contributed by atoms with van der Waals surface area (Å²) in [6.45, 7) is 11.0. The second-order valence-electron chi connectivity index (χ2n) is 7.47. The highest BCUT2D eigenvalue weighted by atomic mass is 16.6. The second-order valence-corrected chi connectivity index (χ2v) is 7.47. The maximum Gasteiger partial charge on any atom is 0.334 e. The number of fused-ring (bicyclic) bond motifs is 3. The normalized spacial score (nSPS) is 36.5. The molecule has 6 nitrogen and oxygen atoms in total. The third-order valence-electron chi connectivity index (χ3n) is 5.46. The lowest BCUT2D eigenvalue weighted by Crippen LogP contribution is -2.43. The van der Waals surface area contributed by atoms with Crippen LogP contribution in [0.2, 0.25) is 0 Å². The molecule has 0 aromatic heterocycles. The fourth-order valence-corrected chi connectivity index (χ4v) is 3.50. The van der Waals surface area contributed by atoms with Crippen molar-refractivity contribution < 1.29 is 28.6 Å². The average Bonchev–Trinajstić information content (AvgIpc) is 3.03. The van der Waals surface area contributed by atoms with E-state index in [4.69, 9.17) is 14.2 Å². The van der Waals surface area contributed by atoms with Crippen LogP contribution in [0, 0.1) is 11.8 Å². The minimum absolute atomic E-state index is 0.131. The number of allylic oxidation sites excluding steroid dienone is 1. The van der Waals surface area contributed by atoms with Gasteiger partial charge in [0.05, 0.1) is 11.8 Å². The molecular formula is C20H24O6. The first-order valence-corrected chi connectivity index (χ1v) is 8.90. The molecule has 3 aliphatic heterocycles. The van der Waals surface area contributed by atoms with Crippen LogP contribution in [0.5, 0.6) is 0 Å². The lowest BCUT2D eigenvalue weighted by atomic mass is 9.82. The fraction of sp³-hybridized carbons (Fsp3) is 0.550. The molecule has 0 spiro atoms. The lowest BCUT2D eigenvalue weighted by molar-refractivity contribution is -0.161. The van der Waals surface area contributed by atoms with E-state index in [-0.39, 0.29) is 29.7 Å². The molecule has 5 atom stereocenters. The first-order valence-electron chi connectivity index (χ1n) is 8.90. The molecule has 0 aromatic carbocycles. The van der Waals surface area contributed by atoms with E-state index in [0.717, 1.165) is 0 Å². The van der Waals surface area contributed by atoms with Gasteiger partial charge in [0.1, 0.15) is 18.0 Å². The molecule has 6 heteroatoms. The minimum atomic E-state index is -1.15. The van der Waals surface area contributed by atoms with Crippen molar-refractivity contribution in [3.05, 3.63) is 35.6 Å². The van der Waals surface area contributed by atoms with Gasteiger partial charge in [0.25, 0.3) is 0 Å². The summed E-state index contributed by atoms with van der Waals surface area (Å²) in [5, 5.41) is 0. The predicted molar refractivity (Wildman–Crippen MR) is 92.8 cm³/mol. The van der Waals surface area contributed by atoms with Gasteiger partial charge in [-0.2, -0.15) is 0 Å². The predicted octanol–water partition coefficient (Wildman–Crippen LogP) is 2.63. The molecule has 0 radical (unpaired) electrons. The zero-order valence-corrected chi connectivity index (χ0v) is 15.5. The molecule has 2 bridgehead atoms. The summed E-state index contributed by atoms with van der Waals surface area (Å²) in [5.41, 5.74) is -0.191. The molecule has 0 N–H and O–H groups in total. The molecule has 1 saturated heterocycles. The minimum Gasteiger partial charge on any atom is -0.479 e. The molecule has 0 aliphatic carbocycles. The number of hydrogen-bond acceptors (Lipinski definition) is 6. The zero-order valence-electron chi connectivity index (χ0n) is 15.5. The molecule has 3 heterocycles. The monoisotopic (exact) mass is 360 g/mol. The molecule has 0 saturated carbocycles. The fourth-order valence-electron chi connectivity index (χ4n) is 3.50. The van der Waals surface area contributed by atoms with Gasteiger partial charge in [0.2, 0.25) is 5.78 Å². The number of ketones is 1. The quantitative estimate of drug-likeness (QED) is 0.569. The van der Waals surface area contributed by atoms with Gasteiger partial charge in [0, 0.05) is 18.1 Å². The van der Waals surface area contributed by atoms with E-state index in [2.05, 4.69) is 6.58 Å². The van der Waals surface area contributed by atoms with E-state index < -0.39 is 29.7 Å². The van der Waals surface area contributed by atoms with Gasteiger partial charge in [-0.15, -0.1) is 0 Å². The van der Waals surface area contributed by atoms with E-state index in [1.807, 2.05) is 6.92 Å². The van der Waals surface area contributed by atoms with Crippen LogP contribution in [0.25, 0.3) is 0 Å². The highest BCUT2D eigenvalue weighted by molar-refractivity contribution is 6.00. The highest BCUT2D eigenvalue weighted by Gasteiger charge is 2.51. The molecule has 0 unspecified atom stereocenters. The SMILES string of the molecule is C=C1C(=O)O[C@H]2/C=C(/C)C3=CC(=O)[C@](C)(C[C@@H](OC(=O)[C@H](C)CC)[C@@H]12)O3. The molecule has 3 aliphatic rings. The highest BCUT2D eigenvalue weighted by Crippen LogP contribution is 2.42. The van der Waals surface area contributed by atoms with Gasteiger partial charge in [-0.05, 0) is 31.9 Å². The van der Waals surface area contributed by atoms with E-state index in [1.54, 1.807) is 26.8 Å². The first-order chi connectivity index (χ1) is 12.2. The standard InChI is InChI=1S/C20H24O6/c1-6-10(2)18(22)25-15-9-20(5)16(21)8-13(26-20)11(3)7-14-17(15)12(4)19(23)24-14/h7-8,10,14-15,17H,4,6,9H2,1-3,5H3/b11-7-/t10-,14+,15-,17+,20+/m1/s1. The van der Waals surface area contributed by atoms with Crippen LogP contribution in [-0.2, 0) is 28.6 Å². The van der Waals surface area contributed by atoms with Gasteiger partial charge < -0.3 is 14.2 Å². The summed E-state index contributed by atoms with van der Waals surface area (Å²) in [6, 6.07) is 0. The summed E-state index contributed by atoms with van der Waals surface area (Å²) >= 11 is 0. The Bertz CT molecular complexity index is 745. The number of esters is 2. The Kier molecular flexibility index (Phi) is 4.54. The topological polar surface area (TPSA) is 78.9 Å². The molecule has 140 valence electrons. The number of rotatable bonds is 3. The van der Waals surface area contributed by atoms with Crippen molar-refractivity contribution in [2.45, 2.75) is 58.3 Å². The Morgan fingerprint density at radius 2 is 2.15 bits per heavy atom. The average molecular weight is 360 g/mol. The van der Waals surface area contributed by atoms with E-state index in [1.165, 1.54) is 6.08 Å². The summed E-state index contributed by atoms with van der Waals surface area (Å²) in [6.07, 6.45) is 2.60. The summed E-state index contributed by atoms with van der Waals surface area (Å²) in [5.74, 6) is -1.43. The van der Waals surface area contributed by atoms with Crippen LogP contribution in [0.15, 0.2) is 35.6 Å².